The number of halogens is 2. The van der Waals surface area contributed by atoms with Gasteiger partial charge in [-0.25, -0.2) is 8.78 Å². The second kappa shape index (κ2) is 5.01. The molecule has 1 aromatic heterocycles. The van der Waals surface area contributed by atoms with E-state index in [1.54, 1.807) is 6.07 Å². The van der Waals surface area contributed by atoms with Gasteiger partial charge in [0.2, 0.25) is 0 Å². The summed E-state index contributed by atoms with van der Waals surface area (Å²) in [5.41, 5.74) is 1.19. The molecular formula is C16H11F2NO2. The average Bonchev–Trinajstić information content (AvgIpc) is 2.87. The Morgan fingerprint density at radius 3 is 2.71 bits per heavy atom. The highest BCUT2D eigenvalue weighted by Gasteiger charge is 2.18. The van der Waals surface area contributed by atoms with Gasteiger partial charge in [-0.05, 0) is 24.3 Å². The first kappa shape index (κ1) is 13.3. The van der Waals surface area contributed by atoms with Crippen molar-refractivity contribution >= 4 is 17.2 Å². The Morgan fingerprint density at radius 2 is 2.00 bits per heavy atom. The van der Waals surface area contributed by atoms with Crippen molar-refractivity contribution in [3.63, 3.8) is 0 Å². The molecular weight excluding hydrogens is 276 g/mol. The van der Waals surface area contributed by atoms with Gasteiger partial charge in [0.1, 0.15) is 17.4 Å². The highest BCUT2D eigenvalue weighted by Crippen LogP contribution is 2.35. The molecule has 0 amide bonds. The molecule has 106 valence electrons. The lowest BCUT2D eigenvalue weighted by atomic mass is 10.1. The van der Waals surface area contributed by atoms with Crippen molar-refractivity contribution in [2.75, 3.05) is 7.11 Å². The SMILES string of the molecule is COc1ccc(F)cc1-c1[nH]c2c(F)cccc2c1C=O. The summed E-state index contributed by atoms with van der Waals surface area (Å²) in [6.07, 6.45) is 0.623. The molecule has 0 aliphatic heterocycles. The zero-order valence-electron chi connectivity index (χ0n) is 11.1. The van der Waals surface area contributed by atoms with Crippen LogP contribution in [-0.4, -0.2) is 18.4 Å². The number of carbonyl (C=O) groups is 1. The molecule has 3 nitrogen and oxygen atoms in total. The van der Waals surface area contributed by atoms with Crippen molar-refractivity contribution in [1.29, 1.82) is 0 Å². The third kappa shape index (κ3) is 2.07. The predicted molar refractivity (Wildman–Crippen MR) is 75.6 cm³/mol. The van der Waals surface area contributed by atoms with Gasteiger partial charge in [-0.15, -0.1) is 0 Å². The van der Waals surface area contributed by atoms with Gasteiger partial charge in [0, 0.05) is 16.5 Å². The maximum absolute atomic E-state index is 13.8. The summed E-state index contributed by atoms with van der Waals surface area (Å²) in [6.45, 7) is 0. The third-order valence-electron chi connectivity index (χ3n) is 3.37. The standard InChI is InChI=1S/C16H11F2NO2/c1-21-14-6-5-9(17)7-11(14)15-12(8-20)10-3-2-4-13(18)16(10)19-15/h2-8,19H,1H3. The van der Waals surface area contributed by atoms with Gasteiger partial charge < -0.3 is 9.72 Å². The van der Waals surface area contributed by atoms with Crippen LogP contribution < -0.4 is 4.74 Å². The highest BCUT2D eigenvalue weighted by atomic mass is 19.1. The lowest BCUT2D eigenvalue weighted by Gasteiger charge is -2.07. The summed E-state index contributed by atoms with van der Waals surface area (Å²) in [5, 5.41) is 0.450. The van der Waals surface area contributed by atoms with Crippen molar-refractivity contribution in [1.82, 2.24) is 4.98 Å². The maximum atomic E-state index is 13.8. The molecule has 0 fully saturated rings. The number of para-hydroxylation sites is 1. The number of aromatic amines is 1. The monoisotopic (exact) mass is 287 g/mol. The first-order valence-electron chi connectivity index (χ1n) is 6.25. The molecule has 21 heavy (non-hydrogen) atoms. The minimum atomic E-state index is -0.475. The number of carbonyl (C=O) groups excluding carboxylic acids is 1. The lowest BCUT2D eigenvalue weighted by molar-refractivity contribution is 0.112. The summed E-state index contributed by atoms with van der Waals surface area (Å²) < 4.78 is 32.5. The number of benzene rings is 2. The van der Waals surface area contributed by atoms with Crippen molar-refractivity contribution < 1.29 is 18.3 Å². The Hall–Kier alpha value is -2.69. The second-order valence-corrected chi connectivity index (χ2v) is 4.54. The van der Waals surface area contributed by atoms with Crippen molar-refractivity contribution in [3.8, 4) is 17.0 Å². The lowest BCUT2D eigenvalue weighted by Crippen LogP contribution is -1.92. The van der Waals surface area contributed by atoms with Crippen LogP contribution in [0.4, 0.5) is 8.78 Å². The van der Waals surface area contributed by atoms with Crippen LogP contribution >= 0.6 is 0 Å². The molecule has 0 saturated heterocycles. The number of aromatic nitrogens is 1. The Labute approximate surface area is 119 Å². The molecule has 0 unspecified atom stereocenters. The van der Waals surface area contributed by atoms with E-state index >= 15 is 0 Å². The Bertz CT molecular complexity index is 840. The number of ether oxygens (including phenoxy) is 1. The van der Waals surface area contributed by atoms with Crippen LogP contribution in [0.25, 0.3) is 22.2 Å². The summed E-state index contributed by atoms with van der Waals surface area (Å²) in [7, 11) is 1.44. The smallest absolute Gasteiger partial charge is 0.152 e. The topological polar surface area (TPSA) is 42.1 Å². The number of methoxy groups -OCH3 is 1. The molecule has 0 atom stereocenters. The number of hydrogen-bond donors (Lipinski definition) is 1. The summed E-state index contributed by atoms with van der Waals surface area (Å²) >= 11 is 0. The molecule has 5 heteroatoms. The van der Waals surface area contributed by atoms with Gasteiger partial charge in [-0.3, -0.25) is 4.79 Å². The number of rotatable bonds is 3. The Morgan fingerprint density at radius 1 is 1.19 bits per heavy atom. The number of aldehydes is 1. The molecule has 0 spiro atoms. The van der Waals surface area contributed by atoms with Crippen LogP contribution in [0.15, 0.2) is 36.4 Å². The summed E-state index contributed by atoms with van der Waals surface area (Å²) in [6, 6.07) is 8.40. The van der Waals surface area contributed by atoms with E-state index in [0.717, 1.165) is 0 Å². The van der Waals surface area contributed by atoms with Crippen molar-refractivity contribution in [2.45, 2.75) is 0 Å². The van der Waals surface area contributed by atoms with Gasteiger partial charge in [0.05, 0.1) is 18.3 Å². The second-order valence-electron chi connectivity index (χ2n) is 4.54. The molecule has 3 aromatic rings. The van der Waals surface area contributed by atoms with Gasteiger partial charge in [-0.2, -0.15) is 0 Å². The summed E-state index contributed by atoms with van der Waals surface area (Å²) in [5.74, 6) is -0.550. The number of hydrogen-bond acceptors (Lipinski definition) is 2. The van der Waals surface area contributed by atoms with Crippen LogP contribution in [-0.2, 0) is 0 Å². The van der Waals surface area contributed by atoms with Gasteiger partial charge in [0.25, 0.3) is 0 Å². The Kier molecular flexibility index (Phi) is 3.17. The van der Waals surface area contributed by atoms with Crippen LogP contribution in [0.3, 0.4) is 0 Å². The van der Waals surface area contributed by atoms with Crippen molar-refractivity contribution in [2.24, 2.45) is 0 Å². The van der Waals surface area contributed by atoms with Crippen LogP contribution in [0, 0.1) is 11.6 Å². The highest BCUT2D eigenvalue weighted by molar-refractivity contribution is 6.05. The molecule has 3 rings (SSSR count). The molecule has 0 radical (unpaired) electrons. The molecule has 1 heterocycles. The summed E-state index contributed by atoms with van der Waals surface area (Å²) in [4.78, 5) is 14.2. The molecule has 0 aliphatic rings. The maximum Gasteiger partial charge on any atom is 0.152 e. The fourth-order valence-electron chi connectivity index (χ4n) is 2.41. The zero-order valence-corrected chi connectivity index (χ0v) is 11.1. The van der Waals surface area contributed by atoms with Crippen molar-refractivity contribution in [3.05, 3.63) is 53.6 Å². The number of nitrogens with one attached hydrogen (secondary N) is 1. The number of fused-ring (bicyclic) bond motifs is 1. The minimum absolute atomic E-state index is 0.209. The van der Waals surface area contributed by atoms with E-state index in [0.29, 0.717) is 28.7 Å². The first-order chi connectivity index (χ1) is 10.2. The molecule has 0 bridgehead atoms. The Balaban J connectivity index is 2.37. The fourth-order valence-corrected chi connectivity index (χ4v) is 2.41. The minimum Gasteiger partial charge on any atom is -0.496 e. The molecule has 1 N–H and O–H groups in total. The third-order valence-corrected chi connectivity index (χ3v) is 3.37. The first-order valence-corrected chi connectivity index (χ1v) is 6.25. The number of H-pyrrole nitrogens is 1. The van der Waals surface area contributed by atoms with E-state index in [4.69, 9.17) is 4.74 Å². The van der Waals surface area contributed by atoms with E-state index in [1.807, 2.05) is 0 Å². The molecule has 2 aromatic carbocycles. The van der Waals surface area contributed by atoms with Crippen LogP contribution in [0.5, 0.6) is 5.75 Å². The molecule has 0 aliphatic carbocycles. The quantitative estimate of drug-likeness (QED) is 0.741. The van der Waals surface area contributed by atoms with E-state index in [1.165, 1.54) is 37.4 Å². The van der Waals surface area contributed by atoms with E-state index < -0.39 is 11.6 Å². The molecule has 0 saturated carbocycles. The van der Waals surface area contributed by atoms with E-state index in [2.05, 4.69) is 4.98 Å². The predicted octanol–water partition coefficient (Wildman–Crippen LogP) is 3.93. The zero-order chi connectivity index (χ0) is 15.0. The normalized spacial score (nSPS) is 10.8. The van der Waals surface area contributed by atoms with Gasteiger partial charge >= 0.3 is 0 Å². The van der Waals surface area contributed by atoms with Crippen LogP contribution in [0.1, 0.15) is 10.4 Å². The van der Waals surface area contributed by atoms with Gasteiger partial charge in [0.15, 0.2) is 6.29 Å². The van der Waals surface area contributed by atoms with E-state index in [9.17, 15) is 13.6 Å². The fraction of sp³-hybridized carbons (Fsp3) is 0.0625. The van der Waals surface area contributed by atoms with E-state index in [-0.39, 0.29) is 11.1 Å². The largest absolute Gasteiger partial charge is 0.496 e. The van der Waals surface area contributed by atoms with Gasteiger partial charge in [-0.1, -0.05) is 12.1 Å². The average molecular weight is 287 g/mol. The van der Waals surface area contributed by atoms with Crippen LogP contribution in [0.2, 0.25) is 0 Å².